The molecule has 0 spiro atoms. The molecule has 0 aliphatic heterocycles. The summed E-state index contributed by atoms with van der Waals surface area (Å²) in [5, 5.41) is 13.5. The molecule has 3 N–H and O–H groups in total. The van der Waals surface area contributed by atoms with Gasteiger partial charge in [0.1, 0.15) is 11.4 Å². The van der Waals surface area contributed by atoms with Gasteiger partial charge in [-0.25, -0.2) is 9.78 Å². The molecule has 1 unspecified atom stereocenters. The van der Waals surface area contributed by atoms with Gasteiger partial charge in [0.15, 0.2) is 0 Å². The first-order valence-corrected chi connectivity index (χ1v) is 13.3. The molecule has 1 atom stereocenters. The van der Waals surface area contributed by atoms with Crippen molar-refractivity contribution in [3.05, 3.63) is 84.3 Å². The SMILES string of the molecule is CC(=O)N(Cc1ccccc1)C(C)c1cnc(Nc2cnn(C)c2)nc1Nc1cccc(NC(=O)OC(C)(C)C)c1. The number of nitrogens with zero attached hydrogens (tertiary/aromatic N) is 5. The highest BCUT2D eigenvalue weighted by Crippen LogP contribution is 2.31. The molecule has 0 radical (unpaired) electrons. The zero-order chi connectivity index (χ0) is 29.6. The number of carbonyl (C=O) groups is 2. The minimum Gasteiger partial charge on any atom is -0.444 e. The Morgan fingerprint density at radius 3 is 2.39 bits per heavy atom. The summed E-state index contributed by atoms with van der Waals surface area (Å²) in [5.41, 5.74) is 3.08. The van der Waals surface area contributed by atoms with Crippen LogP contribution < -0.4 is 16.0 Å². The van der Waals surface area contributed by atoms with Crippen LogP contribution in [0.2, 0.25) is 0 Å². The molecule has 4 rings (SSSR count). The topological polar surface area (TPSA) is 126 Å². The lowest BCUT2D eigenvalue weighted by Crippen LogP contribution is -2.31. The van der Waals surface area contributed by atoms with Crippen molar-refractivity contribution in [2.45, 2.75) is 52.8 Å². The highest BCUT2D eigenvalue weighted by atomic mass is 16.6. The third kappa shape index (κ3) is 8.28. The summed E-state index contributed by atoms with van der Waals surface area (Å²) in [5.74, 6) is 0.790. The number of benzene rings is 2. The van der Waals surface area contributed by atoms with E-state index in [0.29, 0.717) is 29.7 Å². The van der Waals surface area contributed by atoms with Crippen LogP contribution in [0.15, 0.2) is 73.2 Å². The lowest BCUT2D eigenvalue weighted by Gasteiger charge is -2.29. The predicted molar refractivity (Wildman–Crippen MR) is 159 cm³/mol. The Morgan fingerprint density at radius 2 is 1.73 bits per heavy atom. The van der Waals surface area contributed by atoms with Crippen molar-refractivity contribution in [2.24, 2.45) is 7.05 Å². The van der Waals surface area contributed by atoms with E-state index in [-0.39, 0.29) is 11.9 Å². The van der Waals surface area contributed by atoms with Gasteiger partial charge in [0.25, 0.3) is 0 Å². The highest BCUT2D eigenvalue weighted by molar-refractivity contribution is 5.86. The number of nitrogens with one attached hydrogen (secondary N) is 3. The molecule has 0 bridgehead atoms. The maximum absolute atomic E-state index is 12.8. The van der Waals surface area contributed by atoms with Gasteiger partial charge < -0.3 is 20.3 Å². The number of hydrogen-bond donors (Lipinski definition) is 3. The summed E-state index contributed by atoms with van der Waals surface area (Å²) in [7, 11) is 1.82. The normalized spacial score (nSPS) is 11.9. The molecule has 2 amide bonds. The minimum absolute atomic E-state index is 0.0755. The van der Waals surface area contributed by atoms with Gasteiger partial charge in [-0.15, -0.1) is 0 Å². The largest absolute Gasteiger partial charge is 0.444 e. The number of amides is 2. The Bertz CT molecular complexity index is 1500. The van der Waals surface area contributed by atoms with Crippen molar-refractivity contribution in [3.63, 3.8) is 0 Å². The van der Waals surface area contributed by atoms with E-state index in [1.807, 2.05) is 83.4 Å². The number of anilines is 5. The third-order valence-electron chi connectivity index (χ3n) is 6.07. The van der Waals surface area contributed by atoms with E-state index in [9.17, 15) is 9.59 Å². The summed E-state index contributed by atoms with van der Waals surface area (Å²) < 4.78 is 7.05. The van der Waals surface area contributed by atoms with Gasteiger partial charge >= 0.3 is 6.09 Å². The molecular weight excluding hydrogens is 520 g/mol. The number of rotatable bonds is 9. The van der Waals surface area contributed by atoms with Crippen molar-refractivity contribution in [1.82, 2.24) is 24.6 Å². The Kier molecular flexibility index (Phi) is 8.86. The zero-order valence-corrected chi connectivity index (χ0v) is 24.2. The molecule has 11 nitrogen and oxygen atoms in total. The monoisotopic (exact) mass is 556 g/mol. The molecular formula is C30H36N8O3. The van der Waals surface area contributed by atoms with Crippen LogP contribution in [0, 0.1) is 0 Å². The van der Waals surface area contributed by atoms with Crippen LogP contribution in [0.5, 0.6) is 0 Å². The number of hydrogen-bond acceptors (Lipinski definition) is 8. The molecule has 2 aromatic carbocycles. The number of carbonyl (C=O) groups excluding carboxylic acids is 2. The molecule has 0 saturated heterocycles. The fourth-order valence-electron chi connectivity index (χ4n) is 4.17. The quantitative estimate of drug-likeness (QED) is 0.224. The Hall–Kier alpha value is -4.93. The predicted octanol–water partition coefficient (Wildman–Crippen LogP) is 6.15. The summed E-state index contributed by atoms with van der Waals surface area (Å²) in [4.78, 5) is 36.2. The lowest BCUT2D eigenvalue weighted by molar-refractivity contribution is -0.131. The molecule has 41 heavy (non-hydrogen) atoms. The summed E-state index contributed by atoms with van der Waals surface area (Å²) in [6.45, 7) is 9.35. The first kappa shape index (κ1) is 29.1. The van der Waals surface area contributed by atoms with E-state index in [1.165, 1.54) is 0 Å². The maximum Gasteiger partial charge on any atom is 0.412 e. The van der Waals surface area contributed by atoms with Gasteiger partial charge in [-0.2, -0.15) is 10.1 Å². The molecule has 214 valence electrons. The van der Waals surface area contributed by atoms with E-state index in [4.69, 9.17) is 9.72 Å². The summed E-state index contributed by atoms with van der Waals surface area (Å²) >= 11 is 0. The van der Waals surface area contributed by atoms with E-state index >= 15 is 0 Å². The van der Waals surface area contributed by atoms with Crippen LogP contribution >= 0.6 is 0 Å². The fourth-order valence-corrected chi connectivity index (χ4v) is 4.17. The average Bonchev–Trinajstić information content (AvgIpc) is 3.31. The smallest absolute Gasteiger partial charge is 0.412 e. The average molecular weight is 557 g/mol. The van der Waals surface area contributed by atoms with Crippen LogP contribution in [-0.2, 0) is 23.1 Å². The van der Waals surface area contributed by atoms with Crippen molar-refractivity contribution in [1.29, 1.82) is 0 Å². The first-order valence-electron chi connectivity index (χ1n) is 13.3. The van der Waals surface area contributed by atoms with Gasteiger partial charge in [-0.1, -0.05) is 36.4 Å². The Balaban J connectivity index is 1.65. The third-order valence-corrected chi connectivity index (χ3v) is 6.07. The standard InChI is InChI=1S/C30H36N8O3/c1-20(38(21(2)39)18-22-11-8-7-9-12-22)26-17-31-28(34-25-16-32-37(6)19-25)36-27(26)33-23-13-10-14-24(15-23)35-29(40)41-30(3,4)5/h7-17,19-20H,18H2,1-6H3,(H,35,40)(H2,31,33,34,36). The molecule has 11 heteroatoms. The highest BCUT2D eigenvalue weighted by Gasteiger charge is 2.24. The number of aryl methyl sites for hydroxylation is 1. The molecule has 0 saturated carbocycles. The maximum atomic E-state index is 12.8. The van der Waals surface area contributed by atoms with Crippen LogP contribution in [0.25, 0.3) is 0 Å². The second-order valence-electron chi connectivity index (χ2n) is 10.7. The van der Waals surface area contributed by atoms with Crippen molar-refractivity contribution >= 4 is 40.8 Å². The number of aromatic nitrogens is 4. The second kappa shape index (κ2) is 12.5. The van der Waals surface area contributed by atoms with Crippen LogP contribution in [0.4, 0.5) is 33.6 Å². The molecule has 2 aromatic heterocycles. The molecule has 2 heterocycles. The van der Waals surface area contributed by atoms with Crippen molar-refractivity contribution in [2.75, 3.05) is 16.0 Å². The van der Waals surface area contributed by atoms with Crippen LogP contribution in [0.3, 0.4) is 0 Å². The second-order valence-corrected chi connectivity index (χ2v) is 10.7. The zero-order valence-electron chi connectivity index (χ0n) is 24.2. The van der Waals surface area contributed by atoms with Gasteiger partial charge in [0, 0.05) is 49.8 Å². The first-order chi connectivity index (χ1) is 19.5. The van der Waals surface area contributed by atoms with Gasteiger partial charge in [-0.3, -0.25) is 14.8 Å². The van der Waals surface area contributed by atoms with E-state index in [0.717, 1.165) is 16.8 Å². The molecule has 0 aliphatic carbocycles. The summed E-state index contributed by atoms with van der Waals surface area (Å²) in [6.07, 6.45) is 4.65. The molecule has 0 fully saturated rings. The van der Waals surface area contributed by atoms with Gasteiger partial charge in [0.2, 0.25) is 11.9 Å². The van der Waals surface area contributed by atoms with Crippen molar-refractivity contribution < 1.29 is 14.3 Å². The molecule has 0 aliphatic rings. The Morgan fingerprint density at radius 1 is 1.00 bits per heavy atom. The van der Waals surface area contributed by atoms with Gasteiger partial charge in [0.05, 0.1) is 17.9 Å². The lowest BCUT2D eigenvalue weighted by atomic mass is 10.1. The minimum atomic E-state index is -0.619. The van der Waals surface area contributed by atoms with Gasteiger partial charge in [-0.05, 0) is 51.5 Å². The molecule has 4 aromatic rings. The van der Waals surface area contributed by atoms with E-state index in [1.54, 1.807) is 41.0 Å². The van der Waals surface area contributed by atoms with Crippen molar-refractivity contribution in [3.8, 4) is 0 Å². The fraction of sp³-hybridized carbons (Fsp3) is 0.300. The Labute approximate surface area is 240 Å². The number of ether oxygens (including phenoxy) is 1. The summed E-state index contributed by atoms with van der Waals surface area (Å²) in [6, 6.07) is 16.7. The van der Waals surface area contributed by atoms with E-state index < -0.39 is 11.7 Å². The van der Waals surface area contributed by atoms with Crippen LogP contribution in [-0.4, -0.2) is 42.2 Å². The van der Waals surface area contributed by atoms with Crippen LogP contribution in [0.1, 0.15) is 51.8 Å². The van der Waals surface area contributed by atoms with E-state index in [2.05, 4.69) is 26.0 Å².